The van der Waals surface area contributed by atoms with Gasteiger partial charge in [0.25, 0.3) is 5.91 Å². The Morgan fingerprint density at radius 3 is 1.80 bits per heavy atom. The number of alkyl carbamates (subject to hydrolysis) is 1. The van der Waals surface area contributed by atoms with Gasteiger partial charge in [0.15, 0.2) is 0 Å². The molecule has 10 nitrogen and oxygen atoms in total. The molecule has 0 unspecified atom stereocenters. The number of hydrogen-bond acceptors (Lipinski definition) is 8. The van der Waals surface area contributed by atoms with Crippen molar-refractivity contribution >= 4 is 37.2 Å². The predicted molar refractivity (Wildman–Crippen MR) is 219 cm³/mol. The van der Waals surface area contributed by atoms with Crippen molar-refractivity contribution in [3.8, 4) is 0 Å². The van der Waals surface area contributed by atoms with Crippen LogP contribution >= 0.6 is 13.5 Å². The average molecular weight is 739 g/mol. The fourth-order valence-corrected chi connectivity index (χ4v) is 4.91. The molecular formula is C40H74N4O6S. The van der Waals surface area contributed by atoms with E-state index in [0.29, 0.717) is 44.7 Å². The number of rotatable bonds is 12. The second-order valence-electron chi connectivity index (χ2n) is 12.7. The SMILES string of the molecule is C=C(/C=C(\C)C(=C)/C=C(/NC(=O)OC(C)(C)C)C(=NC)C(=O)N1CCC(OC2CCN(CC(=O)OCC)CC2)CC1)CC.CC.CC.CCC.S. The minimum atomic E-state index is -0.714. The summed E-state index contributed by atoms with van der Waals surface area (Å²) in [4.78, 5) is 46.4. The summed E-state index contributed by atoms with van der Waals surface area (Å²) < 4.78 is 16.9. The van der Waals surface area contributed by atoms with Gasteiger partial charge in [-0.3, -0.25) is 24.8 Å². The number of allylic oxidation sites excluding steroid dienone is 5. The molecular weight excluding hydrogens is 665 g/mol. The first-order valence-electron chi connectivity index (χ1n) is 18.7. The molecule has 51 heavy (non-hydrogen) atoms. The molecule has 0 saturated carbocycles. The number of nitrogens with one attached hydrogen (secondary N) is 1. The number of amides is 2. The number of carbonyl (C=O) groups excluding carboxylic acids is 3. The van der Waals surface area contributed by atoms with Crippen molar-refractivity contribution in [2.24, 2.45) is 4.99 Å². The fourth-order valence-electron chi connectivity index (χ4n) is 4.91. The van der Waals surface area contributed by atoms with Gasteiger partial charge in [0, 0.05) is 33.2 Å². The van der Waals surface area contributed by atoms with E-state index in [9.17, 15) is 14.4 Å². The molecule has 0 aromatic heterocycles. The number of nitrogens with zero attached hydrogens (tertiary/aromatic N) is 3. The Hall–Kier alpha value is -2.89. The van der Waals surface area contributed by atoms with Crippen molar-refractivity contribution in [1.29, 1.82) is 0 Å². The first-order chi connectivity index (χ1) is 23.7. The van der Waals surface area contributed by atoms with Crippen molar-refractivity contribution in [2.45, 2.75) is 139 Å². The highest BCUT2D eigenvalue weighted by atomic mass is 32.1. The van der Waals surface area contributed by atoms with Crippen molar-refractivity contribution < 1.29 is 28.6 Å². The number of hydrogen-bond donors (Lipinski definition) is 1. The second-order valence-corrected chi connectivity index (χ2v) is 12.7. The minimum Gasteiger partial charge on any atom is -0.465 e. The molecule has 11 heteroatoms. The average Bonchev–Trinajstić information content (AvgIpc) is 3.07. The molecule has 2 heterocycles. The van der Waals surface area contributed by atoms with E-state index < -0.39 is 11.7 Å². The Balaban J connectivity index is -0.00000268. The highest BCUT2D eigenvalue weighted by Gasteiger charge is 2.31. The Morgan fingerprint density at radius 1 is 0.882 bits per heavy atom. The Labute approximate surface area is 318 Å². The standard InChI is InChI=1S/C33H52N4O6.C3H8.2C2H6.H2S/c1-10-23(3)20-24(4)25(5)21-28(35-32(40)43-33(6,7)8)30(34-9)31(39)37-18-14-27(15-19-37)42-26-12-16-36(17-13-26)22-29(38)41-11-2;1-3-2;2*1-2;/h20-21,26-27H,3,5,10-19,22H2,1-2,4,6-9H3,(H,35,40);3H2,1-2H3;2*1-2H3;1H2/b24-20+,28-21+,34-30?;;;;. The van der Waals surface area contributed by atoms with Crippen molar-refractivity contribution in [2.75, 3.05) is 46.4 Å². The van der Waals surface area contributed by atoms with E-state index in [1.54, 1.807) is 31.7 Å². The summed E-state index contributed by atoms with van der Waals surface area (Å²) in [6.45, 7) is 34.8. The van der Waals surface area contributed by atoms with Crippen LogP contribution in [0.1, 0.15) is 122 Å². The molecule has 2 aliphatic heterocycles. The van der Waals surface area contributed by atoms with Crippen molar-refractivity contribution in [3.05, 3.63) is 47.7 Å². The number of carbonyl (C=O) groups is 3. The van der Waals surface area contributed by atoms with Gasteiger partial charge >= 0.3 is 12.1 Å². The summed E-state index contributed by atoms with van der Waals surface area (Å²) in [5, 5.41) is 2.74. The third-order valence-electron chi connectivity index (χ3n) is 7.32. The monoisotopic (exact) mass is 739 g/mol. The van der Waals surface area contributed by atoms with Crippen LogP contribution in [0.4, 0.5) is 4.79 Å². The second kappa shape index (κ2) is 29.7. The Bertz CT molecular complexity index is 1130. The minimum absolute atomic E-state index is 0. The van der Waals surface area contributed by atoms with Gasteiger partial charge in [-0.05, 0) is 83.9 Å². The lowest BCUT2D eigenvalue weighted by Gasteiger charge is -2.37. The van der Waals surface area contributed by atoms with E-state index in [2.05, 4.69) is 42.2 Å². The number of esters is 1. The molecule has 296 valence electrons. The molecule has 0 aliphatic carbocycles. The topological polar surface area (TPSA) is 110 Å². The molecule has 0 atom stereocenters. The maximum atomic E-state index is 13.7. The van der Waals surface area contributed by atoms with Crippen molar-refractivity contribution in [3.63, 3.8) is 0 Å². The first kappa shape index (κ1) is 52.5. The highest BCUT2D eigenvalue weighted by molar-refractivity contribution is 7.59. The molecule has 0 radical (unpaired) electrons. The van der Waals surface area contributed by atoms with Crippen LogP contribution in [-0.4, -0.2) is 97.7 Å². The predicted octanol–water partition coefficient (Wildman–Crippen LogP) is 8.55. The van der Waals surface area contributed by atoms with Crippen LogP contribution in [0.2, 0.25) is 0 Å². The zero-order valence-electron chi connectivity index (χ0n) is 34.5. The Morgan fingerprint density at radius 2 is 1.37 bits per heavy atom. The third-order valence-corrected chi connectivity index (χ3v) is 7.32. The maximum absolute atomic E-state index is 13.7. The third kappa shape index (κ3) is 22.6. The van der Waals surface area contributed by atoms with Crippen LogP contribution in [0.3, 0.4) is 0 Å². The molecule has 2 aliphatic rings. The van der Waals surface area contributed by atoms with Gasteiger partial charge in [-0.2, -0.15) is 13.5 Å². The summed E-state index contributed by atoms with van der Waals surface area (Å²) >= 11 is 0. The molecule has 0 aromatic rings. The van der Waals surface area contributed by atoms with Crippen LogP contribution in [0, 0.1) is 0 Å². The lowest BCUT2D eigenvalue weighted by molar-refractivity contribution is -0.145. The van der Waals surface area contributed by atoms with Gasteiger partial charge in [-0.25, -0.2) is 4.79 Å². The lowest BCUT2D eigenvalue weighted by atomic mass is 10.0. The Kier molecular flexibility index (Phi) is 30.5. The van der Waals surface area contributed by atoms with E-state index in [4.69, 9.17) is 14.2 Å². The largest absolute Gasteiger partial charge is 0.465 e. The number of ether oxygens (including phenoxy) is 3. The highest BCUT2D eigenvalue weighted by Crippen LogP contribution is 2.22. The van der Waals surface area contributed by atoms with E-state index in [1.165, 1.54) is 13.5 Å². The molecule has 2 saturated heterocycles. The van der Waals surface area contributed by atoms with Crippen molar-refractivity contribution in [1.82, 2.24) is 15.1 Å². The number of likely N-dealkylation sites (tertiary alicyclic amines) is 2. The molecule has 2 rings (SSSR count). The lowest BCUT2D eigenvalue weighted by Crippen LogP contribution is -2.47. The van der Waals surface area contributed by atoms with Gasteiger partial charge < -0.3 is 19.1 Å². The molecule has 2 fully saturated rings. The van der Waals surface area contributed by atoms with Gasteiger partial charge in [0.1, 0.15) is 11.3 Å². The van der Waals surface area contributed by atoms with Crippen LogP contribution < -0.4 is 5.32 Å². The number of piperidine rings is 2. The summed E-state index contributed by atoms with van der Waals surface area (Å²) in [7, 11) is 1.53. The van der Waals surface area contributed by atoms with Gasteiger partial charge in [-0.15, -0.1) is 0 Å². The normalized spacial score (nSPS) is 16.0. The van der Waals surface area contributed by atoms with E-state index in [0.717, 1.165) is 43.5 Å². The maximum Gasteiger partial charge on any atom is 0.412 e. The van der Waals surface area contributed by atoms with Crippen LogP contribution in [0.25, 0.3) is 0 Å². The summed E-state index contributed by atoms with van der Waals surface area (Å²) in [5.74, 6) is -0.463. The zero-order valence-corrected chi connectivity index (χ0v) is 35.5. The van der Waals surface area contributed by atoms with Crippen LogP contribution in [0.15, 0.2) is 52.7 Å². The van der Waals surface area contributed by atoms with Gasteiger partial charge in [0.05, 0.1) is 31.1 Å². The molecule has 2 amide bonds. The molecule has 1 N–H and O–H groups in total. The van der Waals surface area contributed by atoms with Crippen LogP contribution in [-0.2, 0) is 23.8 Å². The summed E-state index contributed by atoms with van der Waals surface area (Å²) in [6, 6.07) is 0. The van der Waals surface area contributed by atoms with E-state index in [1.807, 2.05) is 54.5 Å². The number of aliphatic imine (C=N–C) groups is 1. The van der Waals surface area contributed by atoms with E-state index in [-0.39, 0.29) is 49.0 Å². The molecule has 0 spiro atoms. The zero-order chi connectivity index (χ0) is 38.9. The fraction of sp³-hybridized carbons (Fsp3) is 0.700. The quantitative estimate of drug-likeness (QED) is 0.121. The molecule has 0 aromatic carbocycles. The van der Waals surface area contributed by atoms with Crippen LogP contribution in [0.5, 0.6) is 0 Å². The van der Waals surface area contributed by atoms with Gasteiger partial charge in [-0.1, -0.05) is 79.7 Å². The van der Waals surface area contributed by atoms with Gasteiger partial charge in [0.2, 0.25) is 0 Å². The summed E-state index contributed by atoms with van der Waals surface area (Å²) in [5.41, 5.74) is 2.07. The first-order valence-corrected chi connectivity index (χ1v) is 18.7. The summed E-state index contributed by atoms with van der Waals surface area (Å²) in [6.07, 6.45) is 8.28. The smallest absolute Gasteiger partial charge is 0.412 e. The van der Waals surface area contributed by atoms with E-state index >= 15 is 0 Å². The molecule has 0 bridgehead atoms.